The lowest BCUT2D eigenvalue weighted by Crippen LogP contribution is -2.35. The zero-order valence-corrected chi connectivity index (χ0v) is 19.8. The molecule has 0 aromatic carbocycles. The van der Waals surface area contributed by atoms with Crippen LogP contribution in [0, 0.1) is 0 Å². The summed E-state index contributed by atoms with van der Waals surface area (Å²) in [7, 11) is 0. The number of nitrogens with zero attached hydrogens (tertiary/aromatic N) is 5. The molecule has 0 bridgehead atoms. The lowest BCUT2D eigenvalue weighted by atomic mass is 9.86. The van der Waals surface area contributed by atoms with Gasteiger partial charge in [0.1, 0.15) is 11.3 Å². The van der Waals surface area contributed by atoms with Crippen LogP contribution in [0.5, 0.6) is 0 Å². The smallest absolute Gasteiger partial charge is 0.257 e. The van der Waals surface area contributed by atoms with Crippen LogP contribution in [0.25, 0.3) is 27.7 Å². The molecule has 35 heavy (non-hydrogen) atoms. The van der Waals surface area contributed by atoms with E-state index in [9.17, 15) is 9.18 Å². The number of anilines is 1. The molecule has 0 unspecified atom stereocenters. The molecule has 2 fully saturated rings. The Balaban J connectivity index is 1.26. The van der Waals surface area contributed by atoms with Crippen LogP contribution in [0.3, 0.4) is 0 Å². The summed E-state index contributed by atoms with van der Waals surface area (Å²) in [6, 6.07) is 3.97. The van der Waals surface area contributed by atoms with Gasteiger partial charge in [-0.3, -0.25) is 4.79 Å². The number of likely N-dealkylation sites (tertiary alicyclic amines) is 1. The van der Waals surface area contributed by atoms with Crippen LogP contribution in [0.4, 0.5) is 10.3 Å². The Morgan fingerprint density at radius 2 is 1.91 bits per heavy atom. The maximum Gasteiger partial charge on any atom is 0.257 e. The molecule has 1 saturated carbocycles. The molecule has 0 radical (unpaired) electrons. The van der Waals surface area contributed by atoms with E-state index in [1.807, 2.05) is 29.4 Å². The van der Waals surface area contributed by atoms with Gasteiger partial charge in [-0.1, -0.05) is 19.3 Å². The summed E-state index contributed by atoms with van der Waals surface area (Å²) in [6.07, 6.45) is 14.6. The summed E-state index contributed by atoms with van der Waals surface area (Å²) < 4.78 is 16.7. The van der Waals surface area contributed by atoms with E-state index in [0.29, 0.717) is 30.0 Å². The van der Waals surface area contributed by atoms with Gasteiger partial charge in [-0.05, 0) is 49.8 Å². The van der Waals surface area contributed by atoms with Crippen LogP contribution in [0.1, 0.15) is 61.7 Å². The summed E-state index contributed by atoms with van der Waals surface area (Å²) in [5, 5.41) is 8.36. The molecule has 1 aliphatic heterocycles. The lowest BCUT2D eigenvalue weighted by molar-refractivity contribution is 0.0726. The van der Waals surface area contributed by atoms with Crippen molar-refractivity contribution < 1.29 is 9.18 Å². The largest absolute Gasteiger partial charge is 0.351 e. The molecule has 1 saturated heterocycles. The number of halogens is 1. The number of amides is 1. The Bertz CT molecular complexity index is 1360. The van der Waals surface area contributed by atoms with Crippen LogP contribution in [-0.4, -0.2) is 60.7 Å². The normalized spacial score (nSPS) is 18.3. The number of aromatic nitrogens is 5. The Labute approximate surface area is 202 Å². The van der Waals surface area contributed by atoms with E-state index >= 15 is 0 Å². The summed E-state index contributed by atoms with van der Waals surface area (Å²) in [4.78, 5) is 27.3. The highest BCUT2D eigenvalue weighted by Gasteiger charge is 2.31. The monoisotopic (exact) mass is 475 g/mol. The van der Waals surface area contributed by atoms with Gasteiger partial charge in [-0.25, -0.2) is 13.9 Å². The van der Waals surface area contributed by atoms with E-state index in [4.69, 9.17) is 0 Å². The summed E-state index contributed by atoms with van der Waals surface area (Å²) in [5.41, 5.74) is 2.81. The fourth-order valence-corrected chi connectivity index (χ4v) is 5.41. The molecule has 2 aliphatic rings. The summed E-state index contributed by atoms with van der Waals surface area (Å²) in [5.74, 6) is 0.465. The van der Waals surface area contributed by atoms with Crippen molar-refractivity contribution in [1.82, 2.24) is 29.5 Å². The molecule has 4 aromatic heterocycles. The van der Waals surface area contributed by atoms with E-state index < -0.39 is 5.67 Å². The van der Waals surface area contributed by atoms with Crippen molar-refractivity contribution >= 4 is 28.4 Å². The van der Waals surface area contributed by atoms with Crippen LogP contribution in [-0.2, 0) is 0 Å². The zero-order chi connectivity index (χ0) is 23.8. The second-order valence-corrected chi connectivity index (χ2v) is 9.88. The van der Waals surface area contributed by atoms with E-state index in [-0.39, 0.29) is 12.5 Å². The van der Waals surface area contributed by atoms with E-state index in [2.05, 4.69) is 25.4 Å². The van der Waals surface area contributed by atoms with Crippen molar-refractivity contribution in [3.05, 3.63) is 42.5 Å². The minimum absolute atomic E-state index is 0.0402. The number of carbonyl (C=O) groups is 1. The van der Waals surface area contributed by atoms with E-state index in [0.717, 1.165) is 67.2 Å². The number of rotatable bonds is 5. The number of H-pyrrole nitrogens is 1. The van der Waals surface area contributed by atoms with Gasteiger partial charge in [-0.15, -0.1) is 0 Å². The molecule has 8 nitrogen and oxygen atoms in total. The first kappa shape index (κ1) is 22.0. The lowest BCUT2D eigenvalue weighted by Gasteiger charge is -2.29. The third kappa shape index (κ3) is 4.24. The number of piperidine rings is 1. The second kappa shape index (κ2) is 8.94. The first-order valence-electron chi connectivity index (χ1n) is 12.6. The van der Waals surface area contributed by atoms with Gasteiger partial charge in [0, 0.05) is 42.6 Å². The molecule has 2 N–H and O–H groups in total. The maximum atomic E-state index is 14.9. The Morgan fingerprint density at radius 3 is 2.74 bits per heavy atom. The summed E-state index contributed by atoms with van der Waals surface area (Å²) >= 11 is 0. The number of aromatic amines is 1. The van der Waals surface area contributed by atoms with E-state index in [1.165, 1.54) is 6.42 Å². The second-order valence-electron chi connectivity index (χ2n) is 9.88. The first-order valence-corrected chi connectivity index (χ1v) is 12.6. The molecule has 0 spiro atoms. The van der Waals surface area contributed by atoms with Gasteiger partial charge in [0.2, 0.25) is 5.95 Å². The third-order valence-electron chi connectivity index (χ3n) is 7.45. The van der Waals surface area contributed by atoms with Crippen LogP contribution >= 0.6 is 0 Å². The van der Waals surface area contributed by atoms with Gasteiger partial charge in [0.25, 0.3) is 5.91 Å². The van der Waals surface area contributed by atoms with Crippen LogP contribution in [0.15, 0.2) is 36.9 Å². The molecule has 4 aromatic rings. The fourth-order valence-electron chi connectivity index (χ4n) is 5.41. The predicted molar refractivity (Wildman–Crippen MR) is 133 cm³/mol. The van der Waals surface area contributed by atoms with Crippen LogP contribution in [0.2, 0.25) is 0 Å². The van der Waals surface area contributed by atoms with Gasteiger partial charge in [0.15, 0.2) is 0 Å². The average molecular weight is 476 g/mol. The number of pyridine rings is 1. The number of carbonyl (C=O) groups excluding carboxylic acids is 1. The molecule has 1 amide bonds. The molecular weight excluding hydrogens is 445 g/mol. The molecular formula is C26H30FN7O. The SMILES string of the molecule is O=C(c1cnn2ccc(-c3c[nH]c4nc(NCC5(F)CCCCC5)ncc34)cc12)N1CCCCC1. The zero-order valence-electron chi connectivity index (χ0n) is 19.8. The minimum atomic E-state index is -1.18. The van der Waals surface area contributed by atoms with Crippen LogP contribution < -0.4 is 5.32 Å². The van der Waals surface area contributed by atoms with Crippen molar-refractivity contribution in [3.63, 3.8) is 0 Å². The first-order chi connectivity index (χ1) is 17.1. The van der Waals surface area contributed by atoms with Gasteiger partial charge in [-0.2, -0.15) is 10.1 Å². The highest BCUT2D eigenvalue weighted by molar-refractivity contribution is 6.02. The van der Waals surface area contributed by atoms with Gasteiger partial charge in [0.05, 0.1) is 23.8 Å². The predicted octanol–water partition coefficient (Wildman–Crippen LogP) is 4.98. The molecule has 5 heterocycles. The number of fused-ring (bicyclic) bond motifs is 2. The minimum Gasteiger partial charge on any atom is -0.351 e. The Kier molecular flexibility index (Phi) is 5.62. The fraction of sp³-hybridized carbons (Fsp3) is 0.462. The number of nitrogens with one attached hydrogen (secondary N) is 2. The van der Waals surface area contributed by atoms with Crippen molar-refractivity contribution in [2.24, 2.45) is 0 Å². The molecule has 1 aliphatic carbocycles. The molecule has 6 rings (SSSR count). The van der Waals surface area contributed by atoms with Crippen molar-refractivity contribution in [2.45, 2.75) is 57.0 Å². The third-order valence-corrected chi connectivity index (χ3v) is 7.45. The van der Waals surface area contributed by atoms with Crippen molar-refractivity contribution in [3.8, 4) is 11.1 Å². The molecule has 0 atom stereocenters. The number of hydrogen-bond donors (Lipinski definition) is 2. The standard InChI is InChI=1S/C26H30FN7O/c27-26(8-3-1-4-9-26)17-30-25-29-15-20-19(14-28-23(20)32-25)18-7-12-34-22(13-18)21(16-31-34)24(35)33-10-5-2-6-11-33/h7,12-16H,1-6,8-11,17H2,(H2,28,29,30,32). The average Bonchev–Trinajstić information content (AvgIpc) is 3.52. The highest BCUT2D eigenvalue weighted by Crippen LogP contribution is 2.33. The van der Waals surface area contributed by atoms with Crippen molar-refractivity contribution in [1.29, 1.82) is 0 Å². The topological polar surface area (TPSA) is 91.2 Å². The Morgan fingerprint density at radius 1 is 1.11 bits per heavy atom. The van der Waals surface area contributed by atoms with E-state index in [1.54, 1.807) is 16.9 Å². The maximum absolute atomic E-state index is 14.9. The summed E-state index contributed by atoms with van der Waals surface area (Å²) in [6.45, 7) is 1.84. The quantitative estimate of drug-likeness (QED) is 0.425. The highest BCUT2D eigenvalue weighted by atomic mass is 19.1. The Hall–Kier alpha value is -3.49. The number of hydrogen-bond acceptors (Lipinski definition) is 5. The number of alkyl halides is 1. The molecule has 9 heteroatoms. The van der Waals surface area contributed by atoms with Gasteiger partial charge < -0.3 is 15.2 Å². The van der Waals surface area contributed by atoms with Crippen molar-refractivity contribution in [2.75, 3.05) is 25.0 Å². The molecule has 182 valence electrons. The van der Waals surface area contributed by atoms with Gasteiger partial charge >= 0.3 is 0 Å².